The van der Waals surface area contributed by atoms with Crippen LogP contribution in [0.15, 0.2) is 84.0 Å². The third kappa shape index (κ3) is 3.87. The van der Waals surface area contributed by atoms with Crippen molar-refractivity contribution in [2.24, 2.45) is 5.10 Å². The van der Waals surface area contributed by atoms with Crippen LogP contribution >= 0.6 is 11.8 Å². The van der Waals surface area contributed by atoms with E-state index < -0.39 is 0 Å². The average molecular weight is 426 g/mol. The van der Waals surface area contributed by atoms with Gasteiger partial charge in [0, 0.05) is 5.56 Å². The Morgan fingerprint density at radius 2 is 1.68 bits per heavy atom. The van der Waals surface area contributed by atoms with E-state index in [1.165, 1.54) is 11.8 Å². The third-order valence-corrected chi connectivity index (χ3v) is 5.82. The van der Waals surface area contributed by atoms with Crippen molar-refractivity contribution in [3.05, 3.63) is 84.4 Å². The number of amidine groups is 1. The van der Waals surface area contributed by atoms with Crippen molar-refractivity contribution < 1.29 is 4.79 Å². The number of carbonyl (C=O) groups is 1. The zero-order valence-corrected chi connectivity index (χ0v) is 17.6. The molecule has 2 heterocycles. The number of hydrogen-bond donors (Lipinski definition) is 1. The number of carbonyl (C=O) groups excluding carboxylic acids is 1. The van der Waals surface area contributed by atoms with E-state index in [1.54, 1.807) is 4.90 Å². The monoisotopic (exact) mass is 425 g/mol. The molecule has 0 spiro atoms. The molecule has 0 bridgehead atoms. The van der Waals surface area contributed by atoms with E-state index in [9.17, 15) is 4.79 Å². The molecular weight excluding hydrogens is 406 g/mol. The molecule has 1 N–H and O–H groups in total. The van der Waals surface area contributed by atoms with Gasteiger partial charge < -0.3 is 0 Å². The molecule has 1 aromatic heterocycles. The van der Waals surface area contributed by atoms with Gasteiger partial charge in [0.25, 0.3) is 0 Å². The summed E-state index contributed by atoms with van der Waals surface area (Å²) in [4.78, 5) is 23.7. The number of rotatable bonds is 4. The lowest BCUT2D eigenvalue weighted by Gasteiger charge is -2.17. The van der Waals surface area contributed by atoms with Gasteiger partial charge in [0.2, 0.25) is 5.91 Å². The summed E-state index contributed by atoms with van der Waals surface area (Å²) in [6.07, 6.45) is 0. The van der Waals surface area contributed by atoms with Crippen molar-refractivity contribution in [1.29, 1.82) is 0 Å². The molecule has 4 aromatic rings. The molecule has 0 saturated carbocycles. The SMILES string of the molecule is Cc1cccc(N2C(=O)CS/C2=N/Nc2nc3ccccc3nc2-c2ccccc2)c1. The van der Waals surface area contributed by atoms with Gasteiger partial charge >= 0.3 is 0 Å². The van der Waals surface area contributed by atoms with Crippen molar-refractivity contribution in [3.8, 4) is 11.3 Å². The molecule has 0 unspecified atom stereocenters. The number of aryl methyl sites for hydroxylation is 1. The van der Waals surface area contributed by atoms with E-state index in [-0.39, 0.29) is 5.91 Å². The summed E-state index contributed by atoms with van der Waals surface area (Å²) in [6.45, 7) is 2.00. The molecule has 1 fully saturated rings. The minimum Gasteiger partial charge on any atom is -0.273 e. The molecule has 7 heteroatoms. The molecule has 1 aliphatic heterocycles. The number of hydrogen-bond acceptors (Lipinski definition) is 6. The maximum absolute atomic E-state index is 12.5. The van der Waals surface area contributed by atoms with Gasteiger partial charge in [0.1, 0.15) is 5.69 Å². The highest BCUT2D eigenvalue weighted by Gasteiger charge is 2.30. The van der Waals surface area contributed by atoms with Crippen molar-refractivity contribution in [1.82, 2.24) is 9.97 Å². The van der Waals surface area contributed by atoms with Gasteiger partial charge in [0.15, 0.2) is 11.0 Å². The number of nitrogens with one attached hydrogen (secondary N) is 1. The zero-order valence-electron chi connectivity index (χ0n) is 16.8. The van der Waals surface area contributed by atoms with Crippen molar-refractivity contribution >= 4 is 45.4 Å². The lowest BCUT2D eigenvalue weighted by molar-refractivity contribution is -0.115. The molecule has 152 valence electrons. The molecule has 1 amide bonds. The Labute approximate surface area is 184 Å². The third-order valence-electron chi connectivity index (χ3n) is 4.90. The van der Waals surface area contributed by atoms with Gasteiger partial charge in [-0.2, -0.15) is 0 Å². The van der Waals surface area contributed by atoms with E-state index in [1.807, 2.05) is 85.8 Å². The number of thioether (sulfide) groups is 1. The molecule has 3 aromatic carbocycles. The molecule has 6 nitrogen and oxygen atoms in total. The van der Waals surface area contributed by atoms with Crippen molar-refractivity contribution in [2.45, 2.75) is 6.92 Å². The molecule has 5 rings (SSSR count). The number of nitrogens with zero attached hydrogens (tertiary/aromatic N) is 4. The van der Waals surface area contributed by atoms with Crippen molar-refractivity contribution in [2.75, 3.05) is 16.1 Å². The molecule has 1 aliphatic rings. The Morgan fingerprint density at radius 3 is 2.45 bits per heavy atom. The number of para-hydroxylation sites is 2. The number of aromatic nitrogens is 2. The van der Waals surface area contributed by atoms with Crippen LogP contribution in [0.1, 0.15) is 5.56 Å². The molecule has 31 heavy (non-hydrogen) atoms. The Kier molecular flexibility index (Phi) is 5.09. The van der Waals surface area contributed by atoms with Crippen LogP contribution in [0.4, 0.5) is 11.5 Å². The summed E-state index contributed by atoms with van der Waals surface area (Å²) in [5.74, 6) is 0.897. The lowest BCUT2D eigenvalue weighted by atomic mass is 10.1. The Bertz CT molecular complexity index is 1310. The maximum Gasteiger partial charge on any atom is 0.243 e. The van der Waals surface area contributed by atoms with E-state index in [2.05, 4.69) is 10.5 Å². The van der Waals surface area contributed by atoms with Crippen LogP contribution in [-0.2, 0) is 4.79 Å². The maximum atomic E-state index is 12.5. The fraction of sp³-hybridized carbons (Fsp3) is 0.0833. The fourth-order valence-corrected chi connectivity index (χ4v) is 4.27. The van der Waals surface area contributed by atoms with Crippen LogP contribution in [0.2, 0.25) is 0 Å². The molecule has 0 radical (unpaired) electrons. The zero-order chi connectivity index (χ0) is 21.2. The standard InChI is InChI=1S/C24H19N5OS/c1-16-8-7-11-18(14-16)29-21(30)15-31-24(29)28-27-23-22(17-9-3-2-4-10-17)25-19-12-5-6-13-20(19)26-23/h2-14H,15H2,1H3,(H,26,27)/b28-24+. The van der Waals surface area contributed by atoms with Crippen LogP contribution in [-0.4, -0.2) is 26.8 Å². The van der Waals surface area contributed by atoms with Crippen molar-refractivity contribution in [3.63, 3.8) is 0 Å². The van der Waals surface area contributed by atoms with Gasteiger partial charge in [-0.3, -0.25) is 15.1 Å². The summed E-state index contributed by atoms with van der Waals surface area (Å²) >= 11 is 1.40. The summed E-state index contributed by atoms with van der Waals surface area (Å²) in [6, 6.07) is 25.4. The first-order valence-electron chi connectivity index (χ1n) is 9.87. The first kappa shape index (κ1) is 19.3. The molecule has 0 atom stereocenters. The first-order chi connectivity index (χ1) is 15.2. The van der Waals surface area contributed by atoms with Crippen LogP contribution in [0.3, 0.4) is 0 Å². The van der Waals surface area contributed by atoms with Crippen LogP contribution < -0.4 is 10.3 Å². The normalized spacial score (nSPS) is 15.1. The van der Waals surface area contributed by atoms with E-state index in [4.69, 9.17) is 9.97 Å². The highest BCUT2D eigenvalue weighted by molar-refractivity contribution is 8.15. The smallest absolute Gasteiger partial charge is 0.243 e. The largest absolute Gasteiger partial charge is 0.273 e. The number of fused-ring (bicyclic) bond motifs is 1. The van der Waals surface area contributed by atoms with Gasteiger partial charge in [-0.15, -0.1) is 5.10 Å². The highest BCUT2D eigenvalue weighted by atomic mass is 32.2. The predicted octanol–water partition coefficient (Wildman–Crippen LogP) is 5.07. The van der Waals surface area contributed by atoms with Gasteiger partial charge in [-0.25, -0.2) is 9.97 Å². The summed E-state index contributed by atoms with van der Waals surface area (Å²) in [5.41, 5.74) is 8.21. The average Bonchev–Trinajstić information content (AvgIpc) is 3.18. The van der Waals surface area contributed by atoms with Gasteiger partial charge in [0.05, 0.1) is 22.5 Å². The molecular formula is C24H19N5OS. The number of amides is 1. The predicted molar refractivity (Wildman–Crippen MR) is 127 cm³/mol. The highest BCUT2D eigenvalue weighted by Crippen LogP contribution is 2.30. The van der Waals surface area contributed by atoms with Gasteiger partial charge in [-0.05, 0) is 36.8 Å². The van der Waals surface area contributed by atoms with E-state index in [0.29, 0.717) is 22.4 Å². The second-order valence-electron chi connectivity index (χ2n) is 7.14. The van der Waals surface area contributed by atoms with Crippen LogP contribution in [0.25, 0.3) is 22.3 Å². The second-order valence-corrected chi connectivity index (χ2v) is 8.08. The molecule has 1 saturated heterocycles. The number of hydrazone groups is 1. The quantitative estimate of drug-likeness (QED) is 0.462. The summed E-state index contributed by atoms with van der Waals surface area (Å²) in [7, 11) is 0. The number of benzene rings is 3. The lowest BCUT2D eigenvalue weighted by Crippen LogP contribution is -2.29. The first-order valence-corrected chi connectivity index (χ1v) is 10.9. The van der Waals surface area contributed by atoms with E-state index in [0.717, 1.165) is 27.8 Å². The summed E-state index contributed by atoms with van der Waals surface area (Å²) in [5, 5.41) is 5.14. The minimum absolute atomic E-state index is 0.00373. The topological polar surface area (TPSA) is 70.5 Å². The summed E-state index contributed by atoms with van der Waals surface area (Å²) < 4.78 is 0. The Balaban J connectivity index is 1.55. The fourth-order valence-electron chi connectivity index (χ4n) is 3.44. The Morgan fingerprint density at radius 1 is 0.935 bits per heavy atom. The second kappa shape index (κ2) is 8.20. The van der Waals surface area contributed by atoms with Crippen LogP contribution in [0, 0.1) is 6.92 Å². The number of anilines is 2. The molecule has 0 aliphatic carbocycles. The Hall–Kier alpha value is -3.71. The van der Waals surface area contributed by atoms with Gasteiger partial charge in [-0.1, -0.05) is 66.4 Å². The minimum atomic E-state index is 0.00373. The van der Waals surface area contributed by atoms with E-state index >= 15 is 0 Å². The van der Waals surface area contributed by atoms with Crippen LogP contribution in [0.5, 0.6) is 0 Å².